The van der Waals surface area contributed by atoms with Gasteiger partial charge in [0.15, 0.2) is 5.11 Å². The van der Waals surface area contributed by atoms with E-state index in [-0.39, 0.29) is 11.3 Å². The van der Waals surface area contributed by atoms with E-state index in [0.29, 0.717) is 16.6 Å². The minimum Gasteiger partial charge on any atom is -0.378 e. The Balaban J connectivity index is 1.16. The molecule has 0 radical (unpaired) electrons. The molecule has 5 fully saturated rings. The number of carbonyl (C=O) groups is 1. The highest BCUT2D eigenvalue weighted by molar-refractivity contribution is 7.80. The number of hydrogen-bond acceptors (Lipinski definition) is 4. The van der Waals surface area contributed by atoms with E-state index in [2.05, 4.69) is 15.5 Å². The number of amides is 1. The summed E-state index contributed by atoms with van der Waals surface area (Å²) in [6.45, 7) is 3.11. The number of benzene rings is 1. The number of thiocarbonyl (C=S) groups is 1. The number of ether oxygens (including phenoxy) is 1. The highest BCUT2D eigenvalue weighted by Gasteiger charge is 2.51. The van der Waals surface area contributed by atoms with E-state index in [1.807, 2.05) is 18.2 Å². The summed E-state index contributed by atoms with van der Waals surface area (Å²) in [5, 5.41) is 7.05. The van der Waals surface area contributed by atoms with Crippen molar-refractivity contribution in [2.45, 2.75) is 44.9 Å². The maximum absolute atomic E-state index is 12.8. The molecule has 1 aromatic rings. The molecular formula is C23H30ClN3O2S. The molecule has 4 aliphatic carbocycles. The van der Waals surface area contributed by atoms with Crippen molar-refractivity contribution in [1.29, 1.82) is 0 Å². The number of nitrogens with one attached hydrogen (secondary N) is 2. The molecule has 0 unspecified atom stereocenters. The Kier molecular flexibility index (Phi) is 5.67. The van der Waals surface area contributed by atoms with Crippen molar-refractivity contribution in [2.75, 3.05) is 36.5 Å². The molecule has 4 bridgehead atoms. The molecule has 5 aliphatic rings. The summed E-state index contributed by atoms with van der Waals surface area (Å²) >= 11 is 11.9. The first-order valence-electron chi connectivity index (χ1n) is 11.2. The lowest BCUT2D eigenvalue weighted by Gasteiger charge is -2.56. The third kappa shape index (κ3) is 4.32. The molecule has 1 heterocycles. The quantitative estimate of drug-likeness (QED) is 0.661. The van der Waals surface area contributed by atoms with Gasteiger partial charge in [-0.05, 0) is 92.1 Å². The van der Waals surface area contributed by atoms with Crippen molar-refractivity contribution >= 4 is 46.2 Å². The number of nitrogens with zero attached hydrogens (tertiary/aromatic N) is 1. The van der Waals surface area contributed by atoms with Crippen molar-refractivity contribution in [2.24, 2.45) is 23.2 Å². The SMILES string of the molecule is O=C(CC12CC3CC(CC(C3)C1)C2)NC(=S)Nc1ccc(N2CCOCC2)c(Cl)c1. The molecule has 4 saturated carbocycles. The van der Waals surface area contributed by atoms with Crippen molar-refractivity contribution in [3.8, 4) is 0 Å². The monoisotopic (exact) mass is 447 g/mol. The molecule has 1 saturated heterocycles. The van der Waals surface area contributed by atoms with Gasteiger partial charge in [-0.3, -0.25) is 4.79 Å². The van der Waals surface area contributed by atoms with Gasteiger partial charge in [0.2, 0.25) is 5.91 Å². The fraction of sp³-hybridized carbons (Fsp3) is 0.652. The Bertz CT molecular complexity index is 804. The van der Waals surface area contributed by atoms with E-state index in [4.69, 9.17) is 28.6 Å². The molecular weight excluding hydrogens is 418 g/mol. The molecule has 0 aromatic heterocycles. The molecule has 7 heteroatoms. The Morgan fingerprint density at radius 3 is 2.37 bits per heavy atom. The van der Waals surface area contributed by atoms with E-state index in [0.717, 1.165) is 55.4 Å². The van der Waals surface area contributed by atoms with Crippen molar-refractivity contribution < 1.29 is 9.53 Å². The molecule has 0 atom stereocenters. The van der Waals surface area contributed by atoms with Crippen LogP contribution in [0.3, 0.4) is 0 Å². The van der Waals surface area contributed by atoms with Crippen molar-refractivity contribution in [3.05, 3.63) is 23.2 Å². The second kappa shape index (κ2) is 8.29. The summed E-state index contributed by atoms with van der Waals surface area (Å²) in [6.07, 6.45) is 8.46. The minimum atomic E-state index is 0.0467. The average molecular weight is 448 g/mol. The lowest BCUT2D eigenvalue weighted by molar-refractivity contribution is -0.127. The first-order valence-corrected chi connectivity index (χ1v) is 12.0. The predicted octanol–water partition coefficient (Wildman–Crippen LogP) is 4.60. The molecule has 1 aromatic carbocycles. The maximum atomic E-state index is 12.8. The van der Waals surface area contributed by atoms with Crippen LogP contribution in [0.4, 0.5) is 11.4 Å². The van der Waals surface area contributed by atoms with Gasteiger partial charge in [-0.15, -0.1) is 0 Å². The summed E-state index contributed by atoms with van der Waals surface area (Å²) in [4.78, 5) is 15.0. The number of rotatable bonds is 4. The van der Waals surface area contributed by atoms with Crippen LogP contribution in [0.1, 0.15) is 44.9 Å². The second-order valence-corrected chi connectivity index (χ2v) is 10.7. The molecule has 30 heavy (non-hydrogen) atoms. The zero-order chi connectivity index (χ0) is 20.7. The molecule has 1 aliphatic heterocycles. The summed E-state index contributed by atoms with van der Waals surface area (Å²) in [7, 11) is 0. The van der Waals surface area contributed by atoms with Gasteiger partial charge >= 0.3 is 0 Å². The van der Waals surface area contributed by atoms with Gasteiger partial charge in [0, 0.05) is 25.2 Å². The third-order valence-electron chi connectivity index (χ3n) is 7.51. The predicted molar refractivity (Wildman–Crippen MR) is 124 cm³/mol. The van der Waals surface area contributed by atoms with Gasteiger partial charge in [-0.25, -0.2) is 0 Å². The molecule has 5 nitrogen and oxygen atoms in total. The van der Waals surface area contributed by atoms with E-state index in [1.165, 1.54) is 38.5 Å². The van der Waals surface area contributed by atoms with Crippen LogP contribution >= 0.6 is 23.8 Å². The third-order valence-corrected chi connectivity index (χ3v) is 8.02. The Hall–Kier alpha value is -1.37. The van der Waals surface area contributed by atoms with E-state index < -0.39 is 0 Å². The van der Waals surface area contributed by atoms with Crippen LogP contribution in [0.5, 0.6) is 0 Å². The van der Waals surface area contributed by atoms with Gasteiger partial charge in [0.25, 0.3) is 0 Å². The molecule has 2 N–H and O–H groups in total. The summed E-state index contributed by atoms with van der Waals surface area (Å²) < 4.78 is 5.41. The first kappa shape index (κ1) is 20.5. The van der Waals surface area contributed by atoms with Crippen LogP contribution in [-0.2, 0) is 9.53 Å². The fourth-order valence-corrected chi connectivity index (χ4v) is 7.36. The van der Waals surface area contributed by atoms with Gasteiger partial charge < -0.3 is 20.3 Å². The minimum absolute atomic E-state index is 0.0467. The second-order valence-electron chi connectivity index (χ2n) is 9.86. The van der Waals surface area contributed by atoms with Gasteiger partial charge in [0.05, 0.1) is 23.9 Å². The van der Waals surface area contributed by atoms with Gasteiger partial charge in [0.1, 0.15) is 0 Å². The normalized spacial score (nSPS) is 32.2. The summed E-state index contributed by atoms with van der Waals surface area (Å²) in [5.74, 6) is 2.59. The summed E-state index contributed by atoms with van der Waals surface area (Å²) in [6, 6.07) is 5.81. The smallest absolute Gasteiger partial charge is 0.226 e. The standard InChI is InChI=1S/C23H30ClN3O2S/c24-19-10-18(1-2-20(19)27-3-5-29-6-4-27)25-22(30)26-21(28)14-23-11-15-7-16(12-23)9-17(8-15)13-23/h1-2,10,15-17H,3-9,11-14H2,(H2,25,26,28,30). The largest absolute Gasteiger partial charge is 0.378 e. The number of halogens is 1. The van der Waals surface area contributed by atoms with Gasteiger partial charge in [-0.2, -0.15) is 0 Å². The van der Waals surface area contributed by atoms with Crippen LogP contribution in [0.15, 0.2) is 18.2 Å². The highest BCUT2D eigenvalue weighted by atomic mass is 35.5. The number of carbonyl (C=O) groups excluding carboxylic acids is 1. The van der Waals surface area contributed by atoms with E-state index >= 15 is 0 Å². The Labute approximate surface area is 188 Å². The maximum Gasteiger partial charge on any atom is 0.226 e. The van der Waals surface area contributed by atoms with E-state index in [1.54, 1.807) is 0 Å². The van der Waals surface area contributed by atoms with Crippen LogP contribution in [0.2, 0.25) is 5.02 Å². The molecule has 1 amide bonds. The number of hydrogen-bond donors (Lipinski definition) is 2. The van der Waals surface area contributed by atoms with Crippen LogP contribution in [0, 0.1) is 23.2 Å². The average Bonchev–Trinajstić information content (AvgIpc) is 2.67. The topological polar surface area (TPSA) is 53.6 Å². The van der Waals surface area contributed by atoms with E-state index in [9.17, 15) is 4.79 Å². The lowest BCUT2D eigenvalue weighted by Crippen LogP contribution is -2.48. The first-order chi connectivity index (χ1) is 14.5. The highest BCUT2D eigenvalue weighted by Crippen LogP contribution is 2.61. The Morgan fingerprint density at radius 1 is 1.13 bits per heavy atom. The molecule has 162 valence electrons. The van der Waals surface area contributed by atoms with Crippen LogP contribution in [-0.4, -0.2) is 37.3 Å². The van der Waals surface area contributed by atoms with Crippen molar-refractivity contribution in [3.63, 3.8) is 0 Å². The lowest BCUT2D eigenvalue weighted by atomic mass is 9.49. The molecule has 6 rings (SSSR count). The van der Waals surface area contributed by atoms with Crippen LogP contribution < -0.4 is 15.5 Å². The number of morpholine rings is 1. The molecule has 0 spiro atoms. The number of anilines is 2. The summed E-state index contributed by atoms with van der Waals surface area (Å²) in [5.41, 5.74) is 2.01. The fourth-order valence-electron chi connectivity index (χ4n) is 6.83. The van der Waals surface area contributed by atoms with Crippen LogP contribution in [0.25, 0.3) is 0 Å². The zero-order valence-electron chi connectivity index (χ0n) is 17.3. The Morgan fingerprint density at radius 2 is 1.77 bits per heavy atom. The van der Waals surface area contributed by atoms with Crippen molar-refractivity contribution in [1.82, 2.24) is 5.32 Å². The zero-order valence-corrected chi connectivity index (χ0v) is 18.9. The van der Waals surface area contributed by atoms with Gasteiger partial charge in [-0.1, -0.05) is 11.6 Å².